The van der Waals surface area contributed by atoms with Crippen LogP contribution < -0.4 is 16.0 Å². The standard InChI is InChI=1S/C22H25N5O.HI/c1-23-21(28)18-8-3-6-16(14-18)11-13-26-22(24-2)27-15-19-9-4-7-17-10-5-12-25-20(17)19;/h3-10,12,14H,11,13,15H2,1-2H3,(H,23,28)(H2,24,26,27);1H. The first kappa shape index (κ1) is 22.6. The summed E-state index contributed by atoms with van der Waals surface area (Å²) < 4.78 is 0. The number of para-hydroxylation sites is 1. The summed E-state index contributed by atoms with van der Waals surface area (Å²) in [5.41, 5.74) is 3.89. The highest BCUT2D eigenvalue weighted by atomic mass is 127. The van der Waals surface area contributed by atoms with E-state index in [0.29, 0.717) is 18.7 Å². The van der Waals surface area contributed by atoms with Gasteiger partial charge in [-0.2, -0.15) is 0 Å². The first-order chi connectivity index (χ1) is 13.7. The van der Waals surface area contributed by atoms with Crippen LogP contribution in [0.4, 0.5) is 0 Å². The summed E-state index contributed by atoms with van der Waals surface area (Å²) in [6, 6.07) is 17.8. The number of fused-ring (bicyclic) bond motifs is 1. The van der Waals surface area contributed by atoms with Gasteiger partial charge in [0.2, 0.25) is 0 Å². The second-order valence-electron chi connectivity index (χ2n) is 6.37. The molecule has 0 spiro atoms. The molecule has 3 aromatic rings. The average molecular weight is 503 g/mol. The first-order valence-corrected chi connectivity index (χ1v) is 9.29. The average Bonchev–Trinajstić information content (AvgIpc) is 2.75. The Morgan fingerprint density at radius 1 is 1.07 bits per heavy atom. The molecule has 3 N–H and O–H groups in total. The largest absolute Gasteiger partial charge is 0.356 e. The first-order valence-electron chi connectivity index (χ1n) is 9.29. The molecular weight excluding hydrogens is 477 g/mol. The molecule has 0 aliphatic heterocycles. The van der Waals surface area contributed by atoms with Crippen LogP contribution >= 0.6 is 24.0 Å². The Labute approximate surface area is 188 Å². The number of aromatic nitrogens is 1. The molecule has 0 saturated heterocycles. The summed E-state index contributed by atoms with van der Waals surface area (Å²) in [5.74, 6) is 0.659. The Kier molecular flexibility index (Phi) is 8.85. The second kappa shape index (κ2) is 11.4. The number of halogens is 1. The molecule has 0 aliphatic carbocycles. The van der Waals surface area contributed by atoms with Crippen LogP contribution in [0.1, 0.15) is 21.5 Å². The van der Waals surface area contributed by atoms with Crippen molar-refractivity contribution in [2.45, 2.75) is 13.0 Å². The third-order valence-corrected chi connectivity index (χ3v) is 4.51. The quantitative estimate of drug-likeness (QED) is 0.275. The summed E-state index contributed by atoms with van der Waals surface area (Å²) in [4.78, 5) is 20.5. The van der Waals surface area contributed by atoms with Crippen LogP contribution in [0.3, 0.4) is 0 Å². The number of amides is 1. The van der Waals surface area contributed by atoms with Crippen molar-refractivity contribution in [3.63, 3.8) is 0 Å². The highest BCUT2D eigenvalue weighted by molar-refractivity contribution is 14.0. The molecule has 1 heterocycles. The number of carbonyl (C=O) groups excluding carboxylic acids is 1. The van der Waals surface area contributed by atoms with Crippen LogP contribution in [0.2, 0.25) is 0 Å². The lowest BCUT2D eigenvalue weighted by molar-refractivity contribution is 0.0963. The van der Waals surface area contributed by atoms with Crippen molar-refractivity contribution >= 4 is 46.7 Å². The van der Waals surface area contributed by atoms with Crippen molar-refractivity contribution in [3.8, 4) is 0 Å². The van der Waals surface area contributed by atoms with Crippen LogP contribution in [0.25, 0.3) is 10.9 Å². The third-order valence-electron chi connectivity index (χ3n) is 4.51. The molecule has 0 fully saturated rings. The number of rotatable bonds is 6. The smallest absolute Gasteiger partial charge is 0.251 e. The summed E-state index contributed by atoms with van der Waals surface area (Å²) in [6.07, 6.45) is 2.60. The van der Waals surface area contributed by atoms with Crippen molar-refractivity contribution in [3.05, 3.63) is 77.5 Å². The van der Waals surface area contributed by atoms with E-state index in [4.69, 9.17) is 0 Å². The molecule has 0 unspecified atom stereocenters. The van der Waals surface area contributed by atoms with Gasteiger partial charge in [0.15, 0.2) is 5.96 Å². The minimum atomic E-state index is -0.0732. The predicted octanol–water partition coefficient (Wildman–Crippen LogP) is 3.12. The molecule has 29 heavy (non-hydrogen) atoms. The van der Waals surface area contributed by atoms with Gasteiger partial charge >= 0.3 is 0 Å². The third kappa shape index (κ3) is 6.15. The van der Waals surface area contributed by atoms with Crippen LogP contribution in [0.5, 0.6) is 0 Å². The monoisotopic (exact) mass is 503 g/mol. The molecule has 152 valence electrons. The number of nitrogens with zero attached hydrogens (tertiary/aromatic N) is 2. The van der Waals surface area contributed by atoms with Gasteiger partial charge in [-0.3, -0.25) is 14.8 Å². The summed E-state index contributed by atoms with van der Waals surface area (Å²) in [7, 11) is 3.39. The summed E-state index contributed by atoms with van der Waals surface area (Å²) >= 11 is 0. The van der Waals surface area contributed by atoms with E-state index in [9.17, 15) is 4.79 Å². The van der Waals surface area contributed by atoms with Gasteiger partial charge in [0.25, 0.3) is 5.91 Å². The topological polar surface area (TPSA) is 78.4 Å². The lowest BCUT2D eigenvalue weighted by Crippen LogP contribution is -2.37. The fourth-order valence-corrected chi connectivity index (χ4v) is 3.05. The van der Waals surface area contributed by atoms with Crippen LogP contribution in [-0.2, 0) is 13.0 Å². The summed E-state index contributed by atoms with van der Waals surface area (Å²) in [6.45, 7) is 1.35. The van der Waals surface area contributed by atoms with Gasteiger partial charge in [-0.25, -0.2) is 0 Å². The fourth-order valence-electron chi connectivity index (χ4n) is 3.05. The minimum absolute atomic E-state index is 0. The Balaban J connectivity index is 0.00000300. The highest BCUT2D eigenvalue weighted by Gasteiger charge is 2.05. The zero-order chi connectivity index (χ0) is 19.8. The van der Waals surface area contributed by atoms with E-state index >= 15 is 0 Å². The SMILES string of the molecule is CN=C(NCCc1cccc(C(=O)NC)c1)NCc1cccc2cccnc12.I. The van der Waals surface area contributed by atoms with Gasteiger partial charge in [-0.15, -0.1) is 24.0 Å². The second-order valence-corrected chi connectivity index (χ2v) is 6.37. The Bertz CT molecular complexity index is 984. The van der Waals surface area contributed by atoms with Crippen LogP contribution in [0.15, 0.2) is 65.8 Å². The number of guanidine groups is 1. The van der Waals surface area contributed by atoms with Gasteiger partial charge in [-0.1, -0.05) is 36.4 Å². The maximum Gasteiger partial charge on any atom is 0.251 e. The minimum Gasteiger partial charge on any atom is -0.356 e. The normalized spacial score (nSPS) is 10.9. The lowest BCUT2D eigenvalue weighted by Gasteiger charge is -2.13. The molecule has 0 radical (unpaired) electrons. The molecular formula is C22H26IN5O. The van der Waals surface area contributed by atoms with E-state index < -0.39 is 0 Å². The van der Waals surface area contributed by atoms with Crippen molar-refractivity contribution in [1.82, 2.24) is 20.9 Å². The molecule has 0 saturated carbocycles. The number of hydrogen-bond donors (Lipinski definition) is 3. The zero-order valence-electron chi connectivity index (χ0n) is 16.6. The molecule has 1 aromatic heterocycles. The number of hydrogen-bond acceptors (Lipinski definition) is 3. The molecule has 0 atom stereocenters. The molecule has 0 aliphatic rings. The number of aliphatic imine (C=N–C) groups is 1. The van der Waals surface area contributed by atoms with Crippen LogP contribution in [-0.4, -0.2) is 37.5 Å². The van der Waals surface area contributed by atoms with Crippen LogP contribution in [0, 0.1) is 0 Å². The van der Waals surface area contributed by atoms with Gasteiger partial charge < -0.3 is 16.0 Å². The number of pyridine rings is 1. The molecule has 1 amide bonds. The maximum absolute atomic E-state index is 11.7. The van der Waals surface area contributed by atoms with E-state index in [1.165, 1.54) is 0 Å². The molecule has 3 rings (SSSR count). The zero-order valence-corrected chi connectivity index (χ0v) is 18.9. The Morgan fingerprint density at radius 2 is 1.86 bits per heavy atom. The van der Waals surface area contributed by atoms with Gasteiger partial charge in [0.1, 0.15) is 0 Å². The Morgan fingerprint density at radius 3 is 2.66 bits per heavy atom. The van der Waals surface area contributed by atoms with Crippen molar-refractivity contribution in [2.24, 2.45) is 4.99 Å². The number of nitrogens with one attached hydrogen (secondary N) is 3. The van der Waals surface area contributed by atoms with Crippen molar-refractivity contribution in [1.29, 1.82) is 0 Å². The highest BCUT2D eigenvalue weighted by Crippen LogP contribution is 2.15. The predicted molar refractivity (Wildman–Crippen MR) is 129 cm³/mol. The van der Waals surface area contributed by atoms with E-state index in [-0.39, 0.29) is 29.9 Å². The van der Waals surface area contributed by atoms with Crippen molar-refractivity contribution < 1.29 is 4.79 Å². The lowest BCUT2D eigenvalue weighted by atomic mass is 10.1. The van der Waals surface area contributed by atoms with E-state index in [2.05, 4.69) is 44.1 Å². The van der Waals surface area contributed by atoms with E-state index in [0.717, 1.165) is 34.4 Å². The van der Waals surface area contributed by atoms with Gasteiger partial charge in [-0.05, 0) is 35.7 Å². The van der Waals surface area contributed by atoms with E-state index in [1.54, 1.807) is 14.1 Å². The van der Waals surface area contributed by atoms with Gasteiger partial charge in [0, 0.05) is 44.3 Å². The number of benzene rings is 2. The maximum atomic E-state index is 11.7. The fraction of sp³-hybridized carbons (Fsp3) is 0.227. The molecule has 0 bridgehead atoms. The summed E-state index contributed by atoms with van der Waals surface area (Å²) in [5, 5.41) is 10.4. The molecule has 2 aromatic carbocycles. The van der Waals surface area contributed by atoms with E-state index in [1.807, 2.05) is 42.6 Å². The number of carbonyl (C=O) groups is 1. The Hall–Kier alpha value is -2.68. The molecule has 6 nitrogen and oxygen atoms in total. The van der Waals surface area contributed by atoms with Gasteiger partial charge in [0.05, 0.1) is 5.52 Å². The van der Waals surface area contributed by atoms with Crippen molar-refractivity contribution in [2.75, 3.05) is 20.6 Å². The molecule has 7 heteroatoms.